The maximum absolute atomic E-state index is 12.6. The van der Waals surface area contributed by atoms with E-state index in [1.807, 2.05) is 0 Å². The lowest BCUT2D eigenvalue weighted by molar-refractivity contribution is 0.102. The van der Waals surface area contributed by atoms with Gasteiger partial charge in [-0.05, 0) is 48.5 Å². The lowest BCUT2D eigenvalue weighted by Gasteiger charge is -2.11. The van der Waals surface area contributed by atoms with Gasteiger partial charge in [-0.1, -0.05) is 0 Å². The van der Waals surface area contributed by atoms with E-state index in [9.17, 15) is 13.2 Å². The van der Waals surface area contributed by atoms with Crippen molar-refractivity contribution in [3.05, 3.63) is 72.3 Å². The van der Waals surface area contributed by atoms with E-state index in [-0.39, 0.29) is 4.90 Å². The molecule has 162 valence electrons. The van der Waals surface area contributed by atoms with E-state index in [1.54, 1.807) is 42.5 Å². The molecule has 0 fully saturated rings. The molecular formula is C22H22N2O6S. The van der Waals surface area contributed by atoms with Crippen LogP contribution in [0.3, 0.4) is 0 Å². The third-order valence-corrected chi connectivity index (χ3v) is 5.78. The van der Waals surface area contributed by atoms with Crippen LogP contribution in [0.25, 0.3) is 0 Å². The first kappa shape index (κ1) is 22.0. The summed E-state index contributed by atoms with van der Waals surface area (Å²) in [7, 11) is 0.748. The predicted molar refractivity (Wildman–Crippen MR) is 118 cm³/mol. The average Bonchev–Trinajstić information content (AvgIpc) is 2.79. The molecule has 0 aliphatic rings. The van der Waals surface area contributed by atoms with Crippen molar-refractivity contribution in [1.82, 2.24) is 0 Å². The summed E-state index contributed by atoms with van der Waals surface area (Å²) in [6.07, 6.45) is 0. The highest BCUT2D eigenvalue weighted by Gasteiger charge is 2.16. The third kappa shape index (κ3) is 5.46. The molecule has 0 saturated carbocycles. The number of amides is 1. The van der Waals surface area contributed by atoms with Gasteiger partial charge in [-0.15, -0.1) is 0 Å². The Labute approximate surface area is 180 Å². The SMILES string of the molecule is COc1ccc(NS(=O)(=O)c2ccc(C(=O)Nc3cc(OC)cc(OC)c3)cc2)cc1. The summed E-state index contributed by atoms with van der Waals surface area (Å²) in [6.45, 7) is 0. The number of carbonyl (C=O) groups excluding carboxylic acids is 1. The van der Waals surface area contributed by atoms with E-state index in [0.717, 1.165) is 0 Å². The molecule has 3 aromatic carbocycles. The van der Waals surface area contributed by atoms with Crippen LogP contribution in [0.4, 0.5) is 11.4 Å². The zero-order valence-electron chi connectivity index (χ0n) is 17.2. The van der Waals surface area contributed by atoms with Gasteiger partial charge in [0.1, 0.15) is 17.2 Å². The minimum Gasteiger partial charge on any atom is -0.497 e. The maximum Gasteiger partial charge on any atom is 0.261 e. The third-order valence-electron chi connectivity index (χ3n) is 4.38. The molecule has 3 aromatic rings. The van der Waals surface area contributed by atoms with Crippen LogP contribution in [0, 0.1) is 0 Å². The van der Waals surface area contributed by atoms with Crippen molar-refractivity contribution in [2.45, 2.75) is 4.90 Å². The topological polar surface area (TPSA) is 103 Å². The molecule has 0 atom stereocenters. The first-order valence-electron chi connectivity index (χ1n) is 9.16. The Balaban J connectivity index is 1.73. The van der Waals surface area contributed by atoms with E-state index in [2.05, 4.69) is 10.0 Å². The molecule has 8 nitrogen and oxygen atoms in total. The van der Waals surface area contributed by atoms with Crippen LogP contribution in [0.2, 0.25) is 0 Å². The molecule has 0 heterocycles. The summed E-state index contributed by atoms with van der Waals surface area (Å²) in [4.78, 5) is 12.6. The number of sulfonamides is 1. The summed E-state index contributed by atoms with van der Waals surface area (Å²) >= 11 is 0. The van der Waals surface area contributed by atoms with Crippen molar-refractivity contribution in [3.8, 4) is 17.2 Å². The van der Waals surface area contributed by atoms with Gasteiger partial charge < -0.3 is 19.5 Å². The van der Waals surface area contributed by atoms with Crippen LogP contribution < -0.4 is 24.2 Å². The number of nitrogens with one attached hydrogen (secondary N) is 2. The first-order chi connectivity index (χ1) is 14.8. The highest BCUT2D eigenvalue weighted by molar-refractivity contribution is 7.92. The van der Waals surface area contributed by atoms with Gasteiger partial charge in [-0.2, -0.15) is 0 Å². The van der Waals surface area contributed by atoms with E-state index < -0.39 is 15.9 Å². The predicted octanol–water partition coefficient (Wildman–Crippen LogP) is 3.77. The second-order valence-corrected chi connectivity index (χ2v) is 8.10. The summed E-state index contributed by atoms with van der Waals surface area (Å²) < 4.78 is 43.1. The number of anilines is 2. The largest absolute Gasteiger partial charge is 0.497 e. The second kappa shape index (κ2) is 9.40. The highest BCUT2D eigenvalue weighted by atomic mass is 32.2. The van der Waals surface area contributed by atoms with Gasteiger partial charge in [-0.25, -0.2) is 8.42 Å². The van der Waals surface area contributed by atoms with Crippen LogP contribution in [0.1, 0.15) is 10.4 Å². The molecule has 0 aromatic heterocycles. The number of benzene rings is 3. The van der Waals surface area contributed by atoms with Crippen molar-refractivity contribution < 1.29 is 27.4 Å². The smallest absolute Gasteiger partial charge is 0.261 e. The Morgan fingerprint density at radius 1 is 0.710 bits per heavy atom. The summed E-state index contributed by atoms with van der Waals surface area (Å²) in [5.41, 5.74) is 1.18. The van der Waals surface area contributed by atoms with Crippen LogP contribution in [0.5, 0.6) is 17.2 Å². The summed E-state index contributed by atoms with van der Waals surface area (Å²) in [5, 5.41) is 2.74. The van der Waals surface area contributed by atoms with Crippen molar-refractivity contribution in [3.63, 3.8) is 0 Å². The van der Waals surface area contributed by atoms with E-state index in [4.69, 9.17) is 14.2 Å². The Bertz CT molecular complexity index is 1140. The Hall–Kier alpha value is -3.72. The number of hydrogen-bond acceptors (Lipinski definition) is 6. The van der Waals surface area contributed by atoms with Crippen LogP contribution in [-0.2, 0) is 10.0 Å². The zero-order chi connectivity index (χ0) is 22.4. The number of rotatable bonds is 8. The zero-order valence-corrected chi connectivity index (χ0v) is 18.0. The second-order valence-electron chi connectivity index (χ2n) is 6.41. The fourth-order valence-electron chi connectivity index (χ4n) is 2.74. The molecule has 0 spiro atoms. The monoisotopic (exact) mass is 442 g/mol. The van der Waals surface area contributed by atoms with Gasteiger partial charge in [0.15, 0.2) is 0 Å². The average molecular weight is 442 g/mol. The van der Waals surface area contributed by atoms with Gasteiger partial charge in [0, 0.05) is 35.1 Å². The molecule has 0 unspecified atom stereocenters. The van der Waals surface area contributed by atoms with Gasteiger partial charge in [0.25, 0.3) is 15.9 Å². The quantitative estimate of drug-likeness (QED) is 0.551. The molecule has 31 heavy (non-hydrogen) atoms. The molecule has 0 aliphatic heterocycles. The molecule has 0 radical (unpaired) electrons. The van der Waals surface area contributed by atoms with Gasteiger partial charge in [0.2, 0.25) is 0 Å². The molecule has 1 amide bonds. The lowest BCUT2D eigenvalue weighted by Crippen LogP contribution is -2.15. The van der Waals surface area contributed by atoms with Crippen molar-refractivity contribution >= 4 is 27.3 Å². The summed E-state index contributed by atoms with van der Waals surface area (Å²) in [5.74, 6) is 1.27. The molecule has 3 rings (SSSR count). The van der Waals surface area contributed by atoms with Gasteiger partial charge >= 0.3 is 0 Å². The van der Waals surface area contributed by atoms with E-state index >= 15 is 0 Å². The Morgan fingerprint density at radius 3 is 1.77 bits per heavy atom. The maximum atomic E-state index is 12.6. The molecule has 0 bridgehead atoms. The summed E-state index contributed by atoms with van der Waals surface area (Å²) in [6, 6.07) is 17.1. The molecular weight excluding hydrogens is 420 g/mol. The van der Waals surface area contributed by atoms with E-state index in [1.165, 1.54) is 45.6 Å². The fraction of sp³-hybridized carbons (Fsp3) is 0.136. The first-order valence-corrected chi connectivity index (χ1v) is 10.6. The Morgan fingerprint density at radius 2 is 1.26 bits per heavy atom. The Kier molecular flexibility index (Phi) is 6.66. The van der Waals surface area contributed by atoms with E-state index in [0.29, 0.717) is 34.2 Å². The minimum atomic E-state index is -3.81. The van der Waals surface area contributed by atoms with Crippen LogP contribution >= 0.6 is 0 Å². The van der Waals surface area contributed by atoms with Gasteiger partial charge in [-0.3, -0.25) is 9.52 Å². The molecule has 0 aliphatic carbocycles. The molecule has 9 heteroatoms. The standard InChI is InChI=1S/C22H22N2O6S/c1-28-18-8-6-16(7-9-18)24-31(26,27)21-10-4-15(5-11-21)22(25)23-17-12-19(29-2)14-20(13-17)30-3/h4-14,24H,1-3H3,(H,23,25). The van der Waals surface area contributed by atoms with Crippen molar-refractivity contribution in [2.24, 2.45) is 0 Å². The van der Waals surface area contributed by atoms with Crippen molar-refractivity contribution in [1.29, 1.82) is 0 Å². The molecule has 2 N–H and O–H groups in total. The number of carbonyl (C=O) groups is 1. The van der Waals surface area contributed by atoms with Crippen LogP contribution in [0.15, 0.2) is 71.6 Å². The minimum absolute atomic E-state index is 0.0305. The highest BCUT2D eigenvalue weighted by Crippen LogP contribution is 2.26. The number of hydrogen-bond donors (Lipinski definition) is 2. The van der Waals surface area contributed by atoms with Crippen LogP contribution in [-0.4, -0.2) is 35.7 Å². The lowest BCUT2D eigenvalue weighted by atomic mass is 10.2. The molecule has 0 saturated heterocycles. The fourth-order valence-corrected chi connectivity index (χ4v) is 3.80. The van der Waals surface area contributed by atoms with Gasteiger partial charge in [0.05, 0.1) is 26.2 Å². The number of ether oxygens (including phenoxy) is 3. The normalized spacial score (nSPS) is 10.8. The van der Waals surface area contributed by atoms with Crippen molar-refractivity contribution in [2.75, 3.05) is 31.4 Å². The number of methoxy groups -OCH3 is 3.